The Bertz CT molecular complexity index is 846. The van der Waals surface area contributed by atoms with Crippen molar-refractivity contribution in [2.24, 2.45) is 0 Å². The topological polar surface area (TPSA) is 85.4 Å². The summed E-state index contributed by atoms with van der Waals surface area (Å²) in [7, 11) is -2.51. The van der Waals surface area contributed by atoms with E-state index in [1.165, 1.54) is 13.2 Å². The van der Waals surface area contributed by atoms with E-state index in [2.05, 4.69) is 14.4 Å². The highest BCUT2D eigenvalue weighted by Crippen LogP contribution is 2.28. The van der Waals surface area contributed by atoms with Gasteiger partial charge in [0, 0.05) is 9.90 Å². The highest BCUT2D eigenvalue weighted by molar-refractivity contribution is 7.93. The number of ether oxygens (including phenoxy) is 1. The van der Waals surface area contributed by atoms with Crippen molar-refractivity contribution in [1.82, 2.24) is 4.98 Å². The van der Waals surface area contributed by atoms with Crippen LogP contribution in [-0.2, 0) is 26.0 Å². The summed E-state index contributed by atoms with van der Waals surface area (Å²) in [4.78, 5) is 16.2. The number of halogens is 1. The number of carbonyl (C=O) groups excluding carboxylic acids is 1. The fourth-order valence-electron chi connectivity index (χ4n) is 1.89. The van der Waals surface area contributed by atoms with Crippen LogP contribution >= 0.6 is 22.9 Å². The van der Waals surface area contributed by atoms with Crippen LogP contribution in [0.3, 0.4) is 0 Å². The lowest BCUT2D eigenvalue weighted by Crippen LogP contribution is -2.14. The van der Waals surface area contributed by atoms with Gasteiger partial charge in [0.2, 0.25) is 0 Å². The Balaban J connectivity index is 2.29. The van der Waals surface area contributed by atoms with E-state index in [1.54, 1.807) is 26.0 Å². The Morgan fingerprint density at radius 2 is 2.09 bits per heavy atom. The largest absolute Gasteiger partial charge is 0.469 e. The van der Waals surface area contributed by atoms with E-state index in [4.69, 9.17) is 11.6 Å². The Morgan fingerprint density at radius 1 is 1.39 bits per heavy atom. The first kappa shape index (κ1) is 17.7. The molecule has 2 aromatic rings. The van der Waals surface area contributed by atoms with Crippen LogP contribution in [0.1, 0.15) is 16.1 Å². The zero-order valence-electron chi connectivity index (χ0n) is 12.7. The summed E-state index contributed by atoms with van der Waals surface area (Å²) in [6, 6.07) is 4.66. The van der Waals surface area contributed by atoms with Crippen molar-refractivity contribution >= 4 is 44.1 Å². The lowest BCUT2D eigenvalue weighted by Gasteiger charge is -2.09. The normalized spacial score (nSPS) is 11.3. The first-order valence-corrected chi connectivity index (χ1v) is 9.23. The van der Waals surface area contributed by atoms with Gasteiger partial charge in [-0.2, -0.15) is 0 Å². The number of aryl methyl sites for hydroxylation is 1. The van der Waals surface area contributed by atoms with Crippen LogP contribution in [-0.4, -0.2) is 26.5 Å². The zero-order valence-corrected chi connectivity index (χ0v) is 15.1. The maximum absolute atomic E-state index is 12.5. The number of rotatable bonds is 5. The molecule has 0 saturated heterocycles. The quantitative estimate of drug-likeness (QED) is 0.813. The maximum Gasteiger partial charge on any atom is 0.310 e. The molecule has 1 N–H and O–H groups in total. The zero-order chi connectivity index (χ0) is 17.2. The van der Waals surface area contributed by atoms with Crippen LogP contribution in [0.25, 0.3) is 0 Å². The summed E-state index contributed by atoms with van der Waals surface area (Å²) < 4.78 is 32.0. The first-order valence-electron chi connectivity index (χ1n) is 6.55. The molecule has 23 heavy (non-hydrogen) atoms. The molecule has 1 aromatic carbocycles. The molecular formula is C14H15ClN2O4S2. The Morgan fingerprint density at radius 3 is 2.74 bits per heavy atom. The number of methoxy groups -OCH3 is 1. The molecule has 6 nitrogen and oxygen atoms in total. The van der Waals surface area contributed by atoms with Crippen molar-refractivity contribution in [3.8, 4) is 0 Å². The second-order valence-corrected chi connectivity index (χ2v) is 7.89. The van der Waals surface area contributed by atoms with Crippen molar-refractivity contribution in [2.75, 3.05) is 11.8 Å². The van der Waals surface area contributed by atoms with Crippen LogP contribution in [0.4, 0.5) is 5.13 Å². The predicted molar refractivity (Wildman–Crippen MR) is 89.6 cm³/mol. The fraction of sp³-hybridized carbons (Fsp3) is 0.286. The minimum atomic E-state index is -3.81. The van der Waals surface area contributed by atoms with E-state index in [-0.39, 0.29) is 16.4 Å². The number of hydrogen-bond donors (Lipinski definition) is 1. The molecule has 2 rings (SSSR count). The average Bonchev–Trinajstić information content (AvgIpc) is 2.80. The van der Waals surface area contributed by atoms with Crippen molar-refractivity contribution < 1.29 is 17.9 Å². The van der Waals surface area contributed by atoms with Gasteiger partial charge in [0.1, 0.15) is 0 Å². The minimum Gasteiger partial charge on any atom is -0.469 e. The molecule has 0 saturated carbocycles. The lowest BCUT2D eigenvalue weighted by molar-refractivity contribution is -0.139. The summed E-state index contributed by atoms with van der Waals surface area (Å²) in [6.45, 7) is 3.34. The van der Waals surface area contributed by atoms with Crippen LogP contribution in [0.5, 0.6) is 0 Å². The molecule has 0 radical (unpaired) electrons. The molecule has 0 aliphatic heterocycles. The molecule has 1 heterocycles. The average molecular weight is 375 g/mol. The number of nitrogens with one attached hydrogen (secondary N) is 1. The Kier molecular flexibility index (Phi) is 5.28. The number of nitrogens with zero attached hydrogens (tertiary/aromatic N) is 1. The van der Waals surface area contributed by atoms with E-state index in [1.807, 2.05) is 0 Å². The number of sulfonamides is 1. The monoisotopic (exact) mass is 374 g/mol. The van der Waals surface area contributed by atoms with Gasteiger partial charge in [-0.1, -0.05) is 17.7 Å². The molecule has 0 aliphatic rings. The van der Waals surface area contributed by atoms with Gasteiger partial charge in [0.25, 0.3) is 10.0 Å². The van der Waals surface area contributed by atoms with Crippen LogP contribution in [0, 0.1) is 13.8 Å². The van der Waals surface area contributed by atoms with E-state index in [0.717, 1.165) is 11.3 Å². The molecular weight excluding hydrogens is 360 g/mol. The highest BCUT2D eigenvalue weighted by atomic mass is 35.5. The summed E-state index contributed by atoms with van der Waals surface area (Å²) in [5.41, 5.74) is 1.05. The second kappa shape index (κ2) is 6.86. The molecule has 0 unspecified atom stereocenters. The van der Waals surface area contributed by atoms with Crippen LogP contribution in [0.2, 0.25) is 5.02 Å². The molecule has 0 amide bonds. The third-order valence-electron chi connectivity index (χ3n) is 3.15. The van der Waals surface area contributed by atoms with Crippen molar-refractivity contribution in [2.45, 2.75) is 25.2 Å². The third-order valence-corrected chi connectivity index (χ3v) is 6.25. The fourth-order valence-corrected chi connectivity index (χ4v) is 4.57. The number of anilines is 1. The summed E-state index contributed by atoms with van der Waals surface area (Å²) in [5.74, 6) is -0.406. The van der Waals surface area contributed by atoms with Gasteiger partial charge in [-0.15, -0.1) is 11.3 Å². The number of carbonyl (C=O) groups is 1. The SMILES string of the molecule is COC(=O)Cc1sc(NS(=O)(=O)c2cccc(Cl)c2C)nc1C. The lowest BCUT2D eigenvalue weighted by atomic mass is 10.2. The molecule has 0 fully saturated rings. The number of thiazole rings is 1. The smallest absolute Gasteiger partial charge is 0.310 e. The maximum atomic E-state index is 12.5. The highest BCUT2D eigenvalue weighted by Gasteiger charge is 2.21. The van der Waals surface area contributed by atoms with Gasteiger partial charge in [-0.05, 0) is 31.5 Å². The van der Waals surface area contributed by atoms with E-state index >= 15 is 0 Å². The number of hydrogen-bond acceptors (Lipinski definition) is 6. The second-order valence-electron chi connectivity index (χ2n) is 4.75. The first-order chi connectivity index (χ1) is 10.7. The van der Waals surface area contributed by atoms with Crippen LogP contribution < -0.4 is 4.72 Å². The standard InChI is InChI=1S/C14H15ClN2O4S2/c1-8-10(15)5-4-6-12(8)23(19,20)17-14-16-9(2)11(22-14)7-13(18)21-3/h4-6H,7H2,1-3H3,(H,16,17). The van der Waals surface area contributed by atoms with Gasteiger partial charge in [-0.25, -0.2) is 13.4 Å². The molecule has 0 atom stereocenters. The minimum absolute atomic E-state index is 0.0535. The van der Waals surface area contributed by atoms with Gasteiger partial charge in [0.15, 0.2) is 5.13 Å². The number of benzene rings is 1. The van der Waals surface area contributed by atoms with Gasteiger partial charge >= 0.3 is 5.97 Å². The molecule has 124 valence electrons. The Hall–Kier alpha value is -1.64. The molecule has 0 spiro atoms. The van der Waals surface area contributed by atoms with Crippen molar-refractivity contribution in [3.63, 3.8) is 0 Å². The summed E-state index contributed by atoms with van der Waals surface area (Å²) >= 11 is 7.07. The van der Waals surface area contributed by atoms with Crippen molar-refractivity contribution in [1.29, 1.82) is 0 Å². The molecule has 0 bridgehead atoms. The predicted octanol–water partition coefficient (Wildman–Crippen LogP) is 2.93. The number of esters is 1. The van der Waals surface area contributed by atoms with Gasteiger partial charge in [-0.3, -0.25) is 9.52 Å². The van der Waals surface area contributed by atoms with Gasteiger partial charge in [0.05, 0.1) is 24.1 Å². The summed E-state index contributed by atoms with van der Waals surface area (Å²) in [5, 5.41) is 0.565. The Labute approximate surface area is 143 Å². The number of aromatic nitrogens is 1. The molecule has 1 aromatic heterocycles. The van der Waals surface area contributed by atoms with Gasteiger partial charge < -0.3 is 4.74 Å². The molecule has 9 heteroatoms. The van der Waals surface area contributed by atoms with E-state index < -0.39 is 16.0 Å². The summed E-state index contributed by atoms with van der Waals surface area (Å²) in [6.07, 6.45) is 0.0535. The van der Waals surface area contributed by atoms with E-state index in [9.17, 15) is 13.2 Å². The van der Waals surface area contributed by atoms with Crippen molar-refractivity contribution in [3.05, 3.63) is 39.4 Å². The molecule has 0 aliphatic carbocycles. The van der Waals surface area contributed by atoms with Crippen LogP contribution in [0.15, 0.2) is 23.1 Å². The van der Waals surface area contributed by atoms with E-state index in [0.29, 0.717) is 21.2 Å². The third kappa shape index (κ3) is 4.01.